The fourth-order valence-electron chi connectivity index (χ4n) is 2.46. The third-order valence-corrected chi connectivity index (χ3v) is 5.47. The third-order valence-electron chi connectivity index (χ3n) is 3.38. The fraction of sp³-hybridized carbons (Fsp3) is 0.562. The molecule has 0 aliphatic heterocycles. The smallest absolute Gasteiger partial charge is 0.247 e. The van der Waals surface area contributed by atoms with Crippen LogP contribution in [-0.2, 0) is 21.1 Å². The van der Waals surface area contributed by atoms with Gasteiger partial charge in [-0.05, 0) is 30.7 Å². The minimum Gasteiger partial charge on any atom is -0.289 e. The van der Waals surface area contributed by atoms with Crippen LogP contribution in [0.3, 0.4) is 0 Å². The number of sulfone groups is 1. The predicted octanol–water partition coefficient (Wildman–Crippen LogP) is 2.20. The average Bonchev–Trinajstić information content (AvgIpc) is 2.45. The highest BCUT2D eigenvalue weighted by molar-refractivity contribution is 7.91. The normalized spacial score (nSPS) is 13.1. The highest BCUT2D eigenvalue weighted by Gasteiger charge is 2.25. The van der Waals surface area contributed by atoms with Crippen LogP contribution < -0.4 is 5.48 Å². The SMILES string of the molecule is CC(C)CS(=O)(=O)CC(CCCc1ccccc1)C(=O)NO. The summed E-state index contributed by atoms with van der Waals surface area (Å²) in [7, 11) is -3.30. The van der Waals surface area contributed by atoms with Gasteiger partial charge in [0.25, 0.3) is 0 Å². The van der Waals surface area contributed by atoms with E-state index in [4.69, 9.17) is 5.21 Å². The first-order valence-electron chi connectivity index (χ1n) is 7.52. The summed E-state index contributed by atoms with van der Waals surface area (Å²) in [5.41, 5.74) is 2.74. The quantitative estimate of drug-likeness (QED) is 0.538. The van der Waals surface area contributed by atoms with Gasteiger partial charge in [-0.15, -0.1) is 0 Å². The molecular weight excluding hydrogens is 302 g/mol. The predicted molar refractivity (Wildman–Crippen MR) is 86.3 cm³/mol. The molecule has 1 atom stereocenters. The fourth-order valence-corrected chi connectivity index (χ4v) is 4.54. The van der Waals surface area contributed by atoms with Crippen molar-refractivity contribution in [3.8, 4) is 0 Å². The Bertz CT molecular complexity index is 555. The Morgan fingerprint density at radius 1 is 1.18 bits per heavy atom. The van der Waals surface area contributed by atoms with Gasteiger partial charge < -0.3 is 0 Å². The lowest BCUT2D eigenvalue weighted by Gasteiger charge is -2.16. The molecule has 1 aromatic rings. The van der Waals surface area contributed by atoms with Gasteiger partial charge in [0, 0.05) is 0 Å². The number of hydrogen-bond acceptors (Lipinski definition) is 4. The van der Waals surface area contributed by atoms with Crippen molar-refractivity contribution >= 4 is 15.7 Å². The molecule has 0 heterocycles. The van der Waals surface area contributed by atoms with Crippen LogP contribution in [0.1, 0.15) is 32.3 Å². The molecule has 0 spiro atoms. The van der Waals surface area contributed by atoms with Crippen molar-refractivity contribution in [3.05, 3.63) is 35.9 Å². The van der Waals surface area contributed by atoms with E-state index in [1.165, 1.54) is 0 Å². The minimum atomic E-state index is -3.30. The second kappa shape index (κ2) is 8.90. The topological polar surface area (TPSA) is 83.5 Å². The van der Waals surface area contributed by atoms with Crippen LogP contribution in [0, 0.1) is 11.8 Å². The molecule has 0 aliphatic carbocycles. The zero-order chi connectivity index (χ0) is 16.6. The molecule has 0 aliphatic rings. The number of hydroxylamine groups is 1. The van der Waals surface area contributed by atoms with Gasteiger partial charge in [-0.2, -0.15) is 0 Å². The zero-order valence-corrected chi connectivity index (χ0v) is 14.0. The van der Waals surface area contributed by atoms with Crippen LogP contribution in [0.5, 0.6) is 0 Å². The molecule has 1 unspecified atom stereocenters. The molecule has 6 heteroatoms. The van der Waals surface area contributed by atoms with E-state index in [9.17, 15) is 13.2 Å². The van der Waals surface area contributed by atoms with Crippen molar-refractivity contribution in [2.75, 3.05) is 11.5 Å². The zero-order valence-electron chi connectivity index (χ0n) is 13.2. The summed E-state index contributed by atoms with van der Waals surface area (Å²) in [6.45, 7) is 3.65. The molecule has 1 amide bonds. The maximum Gasteiger partial charge on any atom is 0.247 e. The van der Waals surface area contributed by atoms with Crippen molar-refractivity contribution in [2.24, 2.45) is 11.8 Å². The second-order valence-electron chi connectivity index (χ2n) is 6.02. The molecule has 2 N–H and O–H groups in total. The summed E-state index contributed by atoms with van der Waals surface area (Å²) in [4.78, 5) is 11.7. The van der Waals surface area contributed by atoms with Crippen LogP contribution in [0.2, 0.25) is 0 Å². The lowest BCUT2D eigenvalue weighted by atomic mass is 10.0. The van der Waals surface area contributed by atoms with Crippen LogP contribution in [0.4, 0.5) is 0 Å². The van der Waals surface area contributed by atoms with Gasteiger partial charge in [-0.1, -0.05) is 44.2 Å². The second-order valence-corrected chi connectivity index (χ2v) is 8.18. The Balaban J connectivity index is 2.59. The Morgan fingerprint density at radius 3 is 2.36 bits per heavy atom. The first-order chi connectivity index (χ1) is 10.3. The van der Waals surface area contributed by atoms with Crippen LogP contribution in [0.15, 0.2) is 30.3 Å². The number of aryl methyl sites for hydroxylation is 1. The van der Waals surface area contributed by atoms with Crippen LogP contribution in [0.25, 0.3) is 0 Å². The van der Waals surface area contributed by atoms with Crippen molar-refractivity contribution in [1.82, 2.24) is 5.48 Å². The van der Waals surface area contributed by atoms with E-state index >= 15 is 0 Å². The van der Waals surface area contributed by atoms with E-state index in [0.717, 1.165) is 12.0 Å². The molecule has 0 bridgehead atoms. The number of nitrogens with one attached hydrogen (secondary N) is 1. The summed E-state index contributed by atoms with van der Waals surface area (Å²) in [5, 5.41) is 8.81. The van der Waals surface area contributed by atoms with E-state index < -0.39 is 21.7 Å². The molecule has 0 saturated heterocycles. The first-order valence-corrected chi connectivity index (χ1v) is 9.34. The molecule has 0 aromatic heterocycles. The molecule has 0 radical (unpaired) electrons. The van der Waals surface area contributed by atoms with Gasteiger partial charge in [-0.25, -0.2) is 13.9 Å². The highest BCUT2D eigenvalue weighted by Crippen LogP contribution is 2.15. The van der Waals surface area contributed by atoms with Crippen molar-refractivity contribution < 1.29 is 18.4 Å². The number of carbonyl (C=O) groups excluding carboxylic acids is 1. The van der Waals surface area contributed by atoms with Gasteiger partial charge in [0.15, 0.2) is 9.84 Å². The lowest BCUT2D eigenvalue weighted by molar-refractivity contribution is -0.132. The number of benzene rings is 1. The Labute approximate surface area is 132 Å². The summed E-state index contributed by atoms with van der Waals surface area (Å²) >= 11 is 0. The molecule has 0 saturated carbocycles. The molecule has 124 valence electrons. The number of amides is 1. The average molecular weight is 327 g/mol. The summed E-state index contributed by atoms with van der Waals surface area (Å²) in [5.74, 6) is -1.47. The largest absolute Gasteiger partial charge is 0.289 e. The van der Waals surface area contributed by atoms with Crippen molar-refractivity contribution in [2.45, 2.75) is 33.1 Å². The van der Waals surface area contributed by atoms with Gasteiger partial charge in [-0.3, -0.25) is 10.0 Å². The summed E-state index contributed by atoms with van der Waals surface area (Å²) < 4.78 is 24.1. The van der Waals surface area contributed by atoms with Crippen molar-refractivity contribution in [3.63, 3.8) is 0 Å². The molecular formula is C16H25NO4S. The monoisotopic (exact) mass is 327 g/mol. The van der Waals surface area contributed by atoms with E-state index in [0.29, 0.717) is 12.8 Å². The Hall–Kier alpha value is -1.40. The maximum atomic E-state index is 12.0. The molecule has 1 aromatic carbocycles. The van der Waals surface area contributed by atoms with Crippen LogP contribution in [-0.4, -0.2) is 31.0 Å². The number of hydrogen-bond donors (Lipinski definition) is 2. The van der Waals surface area contributed by atoms with Crippen molar-refractivity contribution in [1.29, 1.82) is 0 Å². The van der Waals surface area contributed by atoms with E-state index in [1.54, 1.807) is 5.48 Å². The Kier molecular flexibility index (Phi) is 7.55. The first kappa shape index (κ1) is 18.6. The van der Waals surface area contributed by atoms with E-state index in [1.807, 2.05) is 44.2 Å². The van der Waals surface area contributed by atoms with Crippen LogP contribution >= 0.6 is 0 Å². The standard InChI is InChI=1S/C16H25NO4S/c1-13(2)11-22(20,21)12-15(16(18)17-19)10-6-9-14-7-4-3-5-8-14/h3-5,7-8,13,15,19H,6,9-12H2,1-2H3,(H,17,18). The molecule has 1 rings (SSSR count). The maximum absolute atomic E-state index is 12.0. The van der Waals surface area contributed by atoms with E-state index in [2.05, 4.69) is 0 Å². The number of carbonyl (C=O) groups is 1. The van der Waals surface area contributed by atoms with Gasteiger partial charge in [0.2, 0.25) is 5.91 Å². The summed E-state index contributed by atoms with van der Waals surface area (Å²) in [6, 6.07) is 9.82. The van der Waals surface area contributed by atoms with Gasteiger partial charge in [0.05, 0.1) is 17.4 Å². The Morgan fingerprint density at radius 2 is 1.82 bits per heavy atom. The third kappa shape index (κ3) is 7.04. The number of rotatable bonds is 9. The van der Waals surface area contributed by atoms with Gasteiger partial charge >= 0.3 is 0 Å². The highest BCUT2D eigenvalue weighted by atomic mass is 32.2. The van der Waals surface area contributed by atoms with Gasteiger partial charge in [0.1, 0.15) is 0 Å². The molecule has 0 fully saturated rings. The summed E-state index contributed by atoms with van der Waals surface area (Å²) in [6.07, 6.45) is 1.90. The molecule has 22 heavy (non-hydrogen) atoms. The lowest BCUT2D eigenvalue weighted by Crippen LogP contribution is -2.34. The van der Waals surface area contributed by atoms with E-state index in [-0.39, 0.29) is 17.4 Å². The molecule has 5 nitrogen and oxygen atoms in total. The minimum absolute atomic E-state index is 0.0205.